The Hall–Kier alpha value is -3.17. The maximum absolute atomic E-state index is 13.7. The second-order valence-electron chi connectivity index (χ2n) is 6.28. The maximum atomic E-state index is 13.7. The minimum atomic E-state index is -4.59. The van der Waals surface area contributed by atoms with Crippen LogP contribution >= 0.6 is 23.8 Å². The summed E-state index contributed by atoms with van der Waals surface area (Å²) in [5.41, 5.74) is -0.00669. The lowest BCUT2D eigenvalue weighted by atomic mass is 10.2. The van der Waals surface area contributed by atoms with E-state index in [1.165, 1.54) is 24.3 Å². The molecular formula is C21H14ClF4N3OS. The molecule has 0 aliphatic heterocycles. The number of halogens is 5. The quantitative estimate of drug-likeness (QED) is 0.300. The Morgan fingerprint density at radius 2 is 1.39 bits per heavy atom. The van der Waals surface area contributed by atoms with Crippen molar-refractivity contribution in [2.24, 2.45) is 0 Å². The van der Waals surface area contributed by atoms with Crippen LogP contribution in [0.25, 0.3) is 0 Å². The number of rotatable bonds is 4. The molecular weight excluding hydrogens is 454 g/mol. The first-order chi connectivity index (χ1) is 14.6. The van der Waals surface area contributed by atoms with E-state index in [-0.39, 0.29) is 16.4 Å². The van der Waals surface area contributed by atoms with Crippen LogP contribution in [0.1, 0.15) is 15.9 Å². The maximum Gasteiger partial charge on any atom is 0.417 e. The van der Waals surface area contributed by atoms with Crippen LogP contribution in [0.3, 0.4) is 0 Å². The molecule has 3 rings (SSSR count). The van der Waals surface area contributed by atoms with Gasteiger partial charge in [0, 0.05) is 17.1 Å². The van der Waals surface area contributed by atoms with E-state index in [1.54, 1.807) is 30.3 Å². The molecule has 0 spiro atoms. The summed E-state index contributed by atoms with van der Waals surface area (Å²) in [6, 6.07) is 15.3. The van der Waals surface area contributed by atoms with Gasteiger partial charge in [0.2, 0.25) is 0 Å². The van der Waals surface area contributed by atoms with Crippen LogP contribution < -0.4 is 16.0 Å². The molecule has 4 nitrogen and oxygen atoms in total. The van der Waals surface area contributed by atoms with Crippen LogP contribution in [-0.4, -0.2) is 11.0 Å². The molecule has 0 saturated carbocycles. The monoisotopic (exact) mass is 467 g/mol. The Labute approximate surface area is 185 Å². The van der Waals surface area contributed by atoms with Gasteiger partial charge >= 0.3 is 6.18 Å². The van der Waals surface area contributed by atoms with Crippen molar-refractivity contribution in [2.45, 2.75) is 6.18 Å². The zero-order valence-corrected chi connectivity index (χ0v) is 17.1. The van der Waals surface area contributed by atoms with E-state index in [2.05, 4.69) is 16.0 Å². The van der Waals surface area contributed by atoms with Gasteiger partial charge in [-0.15, -0.1) is 0 Å². The number of hydrogen-bond donors (Lipinski definition) is 3. The highest BCUT2D eigenvalue weighted by Crippen LogP contribution is 2.36. The van der Waals surface area contributed by atoms with Gasteiger partial charge in [0.05, 0.1) is 16.1 Å². The van der Waals surface area contributed by atoms with Gasteiger partial charge in [-0.1, -0.05) is 23.7 Å². The molecule has 0 aliphatic rings. The molecule has 0 heterocycles. The Morgan fingerprint density at radius 3 is 2.00 bits per heavy atom. The zero-order chi connectivity index (χ0) is 22.6. The van der Waals surface area contributed by atoms with Crippen molar-refractivity contribution in [3.8, 4) is 0 Å². The molecule has 0 radical (unpaired) electrons. The van der Waals surface area contributed by atoms with Crippen molar-refractivity contribution < 1.29 is 22.4 Å². The van der Waals surface area contributed by atoms with Crippen molar-refractivity contribution >= 4 is 51.9 Å². The molecule has 0 unspecified atom stereocenters. The Bertz CT molecular complexity index is 1120. The summed E-state index contributed by atoms with van der Waals surface area (Å²) < 4.78 is 52.6. The topological polar surface area (TPSA) is 53.2 Å². The van der Waals surface area contributed by atoms with Crippen LogP contribution in [0.5, 0.6) is 0 Å². The summed E-state index contributed by atoms with van der Waals surface area (Å²) in [7, 11) is 0. The van der Waals surface area contributed by atoms with Gasteiger partial charge in [-0.3, -0.25) is 4.79 Å². The molecule has 0 aromatic heterocycles. The van der Waals surface area contributed by atoms with E-state index in [1.807, 2.05) is 0 Å². The summed E-state index contributed by atoms with van der Waals surface area (Å²) in [5, 5.41) is 7.69. The molecule has 3 aromatic carbocycles. The molecule has 10 heteroatoms. The van der Waals surface area contributed by atoms with Gasteiger partial charge in [0.1, 0.15) is 5.82 Å². The summed E-state index contributed by atoms with van der Waals surface area (Å²) in [5.74, 6) is -1.23. The summed E-state index contributed by atoms with van der Waals surface area (Å²) in [4.78, 5) is 12.1. The van der Waals surface area contributed by atoms with E-state index < -0.39 is 28.5 Å². The number of carbonyl (C=O) groups is 1. The molecule has 160 valence electrons. The Balaban J connectivity index is 1.62. The predicted molar refractivity (Wildman–Crippen MR) is 117 cm³/mol. The van der Waals surface area contributed by atoms with Crippen molar-refractivity contribution in [2.75, 3.05) is 16.0 Å². The molecule has 31 heavy (non-hydrogen) atoms. The SMILES string of the molecule is O=C(Nc1ccc(NC(=S)Nc2ccc(Cl)c(C(F)(F)F)c2)cc1)c1ccccc1F. The molecule has 0 atom stereocenters. The van der Waals surface area contributed by atoms with E-state index in [0.29, 0.717) is 11.4 Å². The fourth-order valence-electron chi connectivity index (χ4n) is 2.59. The number of carbonyl (C=O) groups excluding carboxylic acids is 1. The van der Waals surface area contributed by atoms with Crippen molar-refractivity contribution in [1.82, 2.24) is 0 Å². The normalized spacial score (nSPS) is 11.0. The average Bonchev–Trinajstić information content (AvgIpc) is 2.70. The van der Waals surface area contributed by atoms with E-state index in [4.69, 9.17) is 23.8 Å². The molecule has 3 N–H and O–H groups in total. The van der Waals surface area contributed by atoms with Crippen LogP contribution in [0, 0.1) is 5.82 Å². The lowest BCUT2D eigenvalue weighted by Gasteiger charge is -2.14. The first kappa shape index (κ1) is 22.5. The van der Waals surface area contributed by atoms with Crippen LogP contribution in [0.4, 0.5) is 34.6 Å². The van der Waals surface area contributed by atoms with Gasteiger partial charge in [-0.05, 0) is 66.8 Å². The second-order valence-corrected chi connectivity index (χ2v) is 7.10. The van der Waals surface area contributed by atoms with Gasteiger partial charge < -0.3 is 16.0 Å². The second kappa shape index (κ2) is 9.32. The van der Waals surface area contributed by atoms with Crippen LogP contribution in [0.15, 0.2) is 66.7 Å². The van der Waals surface area contributed by atoms with Crippen molar-refractivity contribution in [3.63, 3.8) is 0 Å². The van der Waals surface area contributed by atoms with Gasteiger partial charge in [0.15, 0.2) is 5.11 Å². The van der Waals surface area contributed by atoms with E-state index in [0.717, 1.165) is 12.1 Å². The highest BCUT2D eigenvalue weighted by Gasteiger charge is 2.33. The largest absolute Gasteiger partial charge is 0.417 e. The number of alkyl halides is 3. The minimum absolute atomic E-state index is 0.0542. The first-order valence-corrected chi connectivity index (χ1v) is 9.53. The third kappa shape index (κ3) is 5.93. The molecule has 3 aromatic rings. The molecule has 0 aliphatic carbocycles. The third-order valence-corrected chi connectivity index (χ3v) is 4.58. The minimum Gasteiger partial charge on any atom is -0.332 e. The highest BCUT2D eigenvalue weighted by molar-refractivity contribution is 7.80. The molecule has 0 fully saturated rings. The average molecular weight is 468 g/mol. The van der Waals surface area contributed by atoms with Crippen LogP contribution in [0.2, 0.25) is 5.02 Å². The lowest BCUT2D eigenvalue weighted by molar-refractivity contribution is -0.137. The van der Waals surface area contributed by atoms with Crippen molar-refractivity contribution in [3.05, 3.63) is 88.7 Å². The number of benzene rings is 3. The Morgan fingerprint density at radius 1 is 0.839 bits per heavy atom. The number of hydrogen-bond acceptors (Lipinski definition) is 2. The fraction of sp³-hybridized carbons (Fsp3) is 0.0476. The number of anilines is 3. The molecule has 1 amide bonds. The predicted octanol–water partition coefficient (Wildman–Crippen LogP) is 6.56. The summed E-state index contributed by atoms with van der Waals surface area (Å²) >= 11 is 10.7. The fourth-order valence-corrected chi connectivity index (χ4v) is 3.05. The molecule has 0 bridgehead atoms. The number of amides is 1. The van der Waals surface area contributed by atoms with E-state index >= 15 is 0 Å². The first-order valence-electron chi connectivity index (χ1n) is 8.74. The van der Waals surface area contributed by atoms with Crippen molar-refractivity contribution in [1.29, 1.82) is 0 Å². The smallest absolute Gasteiger partial charge is 0.332 e. The molecule has 0 saturated heterocycles. The van der Waals surface area contributed by atoms with Gasteiger partial charge in [0.25, 0.3) is 5.91 Å². The van der Waals surface area contributed by atoms with Gasteiger partial charge in [-0.2, -0.15) is 13.2 Å². The number of nitrogens with one attached hydrogen (secondary N) is 3. The number of thiocarbonyl (C=S) groups is 1. The third-order valence-electron chi connectivity index (χ3n) is 4.05. The summed E-state index contributed by atoms with van der Waals surface area (Å²) in [6.07, 6.45) is -4.59. The summed E-state index contributed by atoms with van der Waals surface area (Å²) in [6.45, 7) is 0. The highest BCUT2D eigenvalue weighted by atomic mass is 35.5. The Kier molecular flexibility index (Phi) is 6.77. The van der Waals surface area contributed by atoms with Crippen LogP contribution in [-0.2, 0) is 6.18 Å². The zero-order valence-electron chi connectivity index (χ0n) is 15.6. The standard InChI is InChI=1S/C21H14ClF4N3OS/c22-17-10-9-14(11-16(17)21(24,25)26)29-20(31)28-13-7-5-12(6-8-13)27-19(30)15-3-1-2-4-18(15)23/h1-11H,(H,27,30)(H2,28,29,31). The lowest BCUT2D eigenvalue weighted by Crippen LogP contribution is -2.19. The van der Waals surface area contributed by atoms with Gasteiger partial charge in [-0.25, -0.2) is 4.39 Å². The van der Waals surface area contributed by atoms with E-state index in [9.17, 15) is 22.4 Å².